The molecule has 25 heavy (non-hydrogen) atoms. The second-order valence-corrected chi connectivity index (χ2v) is 6.73. The second-order valence-electron chi connectivity index (χ2n) is 6.73. The number of benzene rings is 1. The highest BCUT2D eigenvalue weighted by Gasteiger charge is 2.25. The van der Waals surface area contributed by atoms with Crippen LogP contribution in [0.4, 0.5) is 5.82 Å². The van der Waals surface area contributed by atoms with Crippen LogP contribution in [0.2, 0.25) is 0 Å². The first kappa shape index (κ1) is 16.0. The Morgan fingerprint density at radius 3 is 3.08 bits per heavy atom. The van der Waals surface area contributed by atoms with Gasteiger partial charge in [0.05, 0.1) is 18.3 Å². The van der Waals surface area contributed by atoms with E-state index in [-0.39, 0.29) is 6.04 Å². The third kappa shape index (κ3) is 3.09. The monoisotopic (exact) mass is 337 g/mol. The first-order valence-corrected chi connectivity index (χ1v) is 8.79. The first-order chi connectivity index (χ1) is 12.3. The molecule has 0 amide bonds. The van der Waals surface area contributed by atoms with Gasteiger partial charge < -0.3 is 10.1 Å². The predicted molar refractivity (Wildman–Crippen MR) is 96.4 cm³/mol. The fourth-order valence-corrected chi connectivity index (χ4v) is 3.72. The summed E-state index contributed by atoms with van der Waals surface area (Å²) in [4.78, 5) is 8.73. The van der Waals surface area contributed by atoms with E-state index in [1.807, 2.05) is 6.07 Å². The van der Waals surface area contributed by atoms with Gasteiger partial charge in [0.2, 0.25) is 0 Å². The summed E-state index contributed by atoms with van der Waals surface area (Å²) in [6, 6.07) is 11.0. The zero-order valence-corrected chi connectivity index (χ0v) is 14.6. The van der Waals surface area contributed by atoms with Crippen molar-refractivity contribution in [2.24, 2.45) is 5.92 Å². The molecule has 0 saturated heterocycles. The van der Waals surface area contributed by atoms with Gasteiger partial charge in [0.15, 0.2) is 0 Å². The van der Waals surface area contributed by atoms with E-state index in [1.54, 1.807) is 11.6 Å². The maximum atomic E-state index is 5.25. The van der Waals surface area contributed by atoms with Crippen LogP contribution in [0, 0.1) is 5.92 Å². The summed E-state index contributed by atoms with van der Waals surface area (Å²) in [7, 11) is 1.67. The van der Waals surface area contributed by atoms with Crippen molar-refractivity contribution in [2.45, 2.75) is 38.8 Å². The van der Waals surface area contributed by atoms with Gasteiger partial charge in [-0.25, -0.2) is 4.98 Å². The molecule has 0 saturated carbocycles. The summed E-state index contributed by atoms with van der Waals surface area (Å²) >= 11 is 0. The fourth-order valence-electron chi connectivity index (χ4n) is 3.72. The van der Waals surface area contributed by atoms with Gasteiger partial charge in [-0.2, -0.15) is 14.6 Å². The molecule has 6 heteroatoms. The molecule has 1 N–H and O–H groups in total. The van der Waals surface area contributed by atoms with Crippen LogP contribution in [0.25, 0.3) is 5.78 Å². The highest BCUT2D eigenvalue weighted by molar-refractivity contribution is 5.48. The highest BCUT2D eigenvalue weighted by Crippen LogP contribution is 2.35. The maximum Gasteiger partial charge on any atom is 0.254 e. The molecule has 0 radical (unpaired) electrons. The molecule has 0 aliphatic heterocycles. The van der Waals surface area contributed by atoms with Gasteiger partial charge in [-0.1, -0.05) is 31.2 Å². The molecule has 2 heterocycles. The minimum atomic E-state index is 0.240. The number of hydrogen-bond acceptors (Lipinski definition) is 5. The third-order valence-corrected chi connectivity index (χ3v) is 4.97. The van der Waals surface area contributed by atoms with Crippen LogP contribution < -0.4 is 5.32 Å². The summed E-state index contributed by atoms with van der Waals surface area (Å²) in [5, 5.41) is 8.05. The quantitative estimate of drug-likeness (QED) is 0.739. The Morgan fingerprint density at radius 1 is 1.32 bits per heavy atom. The zero-order valence-electron chi connectivity index (χ0n) is 14.6. The average Bonchev–Trinajstić information content (AvgIpc) is 3.03. The molecule has 2 atom stereocenters. The Balaban J connectivity index is 1.76. The molecule has 2 unspecified atom stereocenters. The SMILES string of the molecule is COCc1cc(NC2c3ccccc3CCCC2C)n2ncnc2n1. The molecular weight excluding hydrogens is 314 g/mol. The summed E-state index contributed by atoms with van der Waals surface area (Å²) in [5.74, 6) is 2.02. The molecule has 6 nitrogen and oxygen atoms in total. The van der Waals surface area contributed by atoms with E-state index in [1.165, 1.54) is 30.3 Å². The van der Waals surface area contributed by atoms with Crippen molar-refractivity contribution in [3.63, 3.8) is 0 Å². The Bertz CT molecular complexity index is 875. The lowest BCUT2D eigenvalue weighted by molar-refractivity contribution is 0.181. The van der Waals surface area contributed by atoms with Crippen molar-refractivity contribution in [3.05, 3.63) is 53.5 Å². The number of hydrogen-bond donors (Lipinski definition) is 1. The molecular formula is C19H23N5O. The average molecular weight is 337 g/mol. The second kappa shape index (κ2) is 6.80. The van der Waals surface area contributed by atoms with Gasteiger partial charge in [0.1, 0.15) is 12.1 Å². The summed E-state index contributed by atoms with van der Waals surface area (Å²) in [5.41, 5.74) is 3.66. The van der Waals surface area contributed by atoms with Crippen molar-refractivity contribution < 1.29 is 4.74 Å². The largest absolute Gasteiger partial charge is 0.378 e. The number of ether oxygens (including phenoxy) is 1. The molecule has 0 fully saturated rings. The molecule has 0 spiro atoms. The van der Waals surface area contributed by atoms with E-state index in [0.717, 1.165) is 17.9 Å². The zero-order chi connectivity index (χ0) is 17.2. The van der Waals surface area contributed by atoms with Gasteiger partial charge >= 0.3 is 0 Å². The number of nitrogens with one attached hydrogen (secondary N) is 1. The van der Waals surface area contributed by atoms with E-state index >= 15 is 0 Å². The van der Waals surface area contributed by atoms with Gasteiger partial charge in [0, 0.05) is 13.2 Å². The van der Waals surface area contributed by atoms with Crippen molar-refractivity contribution in [1.82, 2.24) is 19.6 Å². The van der Waals surface area contributed by atoms with Crippen molar-refractivity contribution in [1.29, 1.82) is 0 Å². The maximum absolute atomic E-state index is 5.25. The minimum Gasteiger partial charge on any atom is -0.378 e. The Labute approximate surface area is 147 Å². The summed E-state index contributed by atoms with van der Waals surface area (Å²) in [6.45, 7) is 2.77. The van der Waals surface area contributed by atoms with E-state index in [2.05, 4.69) is 51.6 Å². The van der Waals surface area contributed by atoms with Crippen LogP contribution in [0.15, 0.2) is 36.7 Å². The Morgan fingerprint density at radius 2 is 2.20 bits per heavy atom. The number of fused-ring (bicyclic) bond motifs is 2. The lowest BCUT2D eigenvalue weighted by Gasteiger charge is -2.26. The van der Waals surface area contributed by atoms with Crippen LogP contribution in [0.5, 0.6) is 0 Å². The number of methoxy groups -OCH3 is 1. The van der Waals surface area contributed by atoms with E-state index in [0.29, 0.717) is 18.3 Å². The minimum absolute atomic E-state index is 0.240. The fraction of sp³-hybridized carbons (Fsp3) is 0.421. The lowest BCUT2D eigenvalue weighted by Crippen LogP contribution is -2.20. The van der Waals surface area contributed by atoms with Crippen LogP contribution in [-0.2, 0) is 17.8 Å². The van der Waals surface area contributed by atoms with Crippen LogP contribution >= 0.6 is 0 Å². The van der Waals surface area contributed by atoms with Gasteiger partial charge in [-0.3, -0.25) is 0 Å². The van der Waals surface area contributed by atoms with Crippen LogP contribution in [-0.4, -0.2) is 26.7 Å². The highest BCUT2D eigenvalue weighted by atomic mass is 16.5. The smallest absolute Gasteiger partial charge is 0.254 e. The van der Waals surface area contributed by atoms with Crippen molar-refractivity contribution in [3.8, 4) is 0 Å². The van der Waals surface area contributed by atoms with Gasteiger partial charge in [-0.15, -0.1) is 0 Å². The molecule has 1 aromatic carbocycles. The summed E-state index contributed by atoms with van der Waals surface area (Å²) < 4.78 is 7.01. The number of nitrogens with zero attached hydrogens (tertiary/aromatic N) is 4. The molecule has 2 aromatic heterocycles. The van der Waals surface area contributed by atoms with E-state index < -0.39 is 0 Å². The predicted octanol–water partition coefficient (Wildman–Crippen LogP) is 3.40. The van der Waals surface area contributed by atoms with Gasteiger partial charge in [-0.05, 0) is 36.3 Å². The molecule has 3 aromatic rings. The number of aromatic nitrogens is 4. The summed E-state index contributed by atoms with van der Waals surface area (Å²) in [6.07, 6.45) is 5.10. The molecule has 1 aliphatic rings. The number of aryl methyl sites for hydroxylation is 1. The van der Waals surface area contributed by atoms with Crippen molar-refractivity contribution in [2.75, 3.05) is 12.4 Å². The molecule has 130 valence electrons. The molecule has 0 bridgehead atoms. The standard InChI is InChI=1S/C19H23N5O/c1-13-6-5-8-14-7-3-4-9-16(14)18(13)23-17-10-15(11-25-2)22-19-20-12-21-24(17)19/h3-4,7,9-10,12-13,18,23H,5-6,8,11H2,1-2H3. The first-order valence-electron chi connectivity index (χ1n) is 8.79. The van der Waals surface area contributed by atoms with Crippen LogP contribution in [0.1, 0.15) is 42.6 Å². The van der Waals surface area contributed by atoms with E-state index in [9.17, 15) is 0 Å². The lowest BCUT2D eigenvalue weighted by atomic mass is 9.92. The van der Waals surface area contributed by atoms with Gasteiger partial charge in [0.25, 0.3) is 5.78 Å². The Hall–Kier alpha value is -2.47. The Kier molecular flexibility index (Phi) is 4.36. The molecule has 1 aliphatic carbocycles. The third-order valence-electron chi connectivity index (χ3n) is 4.97. The number of rotatable bonds is 4. The molecule has 4 rings (SSSR count). The topological polar surface area (TPSA) is 64.3 Å². The van der Waals surface area contributed by atoms with Crippen LogP contribution in [0.3, 0.4) is 0 Å². The van der Waals surface area contributed by atoms with Crippen molar-refractivity contribution >= 4 is 11.6 Å². The number of anilines is 1. The normalized spacial score (nSPS) is 20.2. The van der Waals surface area contributed by atoms with E-state index in [4.69, 9.17) is 4.74 Å².